The predicted octanol–water partition coefficient (Wildman–Crippen LogP) is 6.14. The van der Waals surface area contributed by atoms with Gasteiger partial charge in [0, 0.05) is 30.8 Å². The van der Waals surface area contributed by atoms with E-state index in [4.69, 9.17) is 4.74 Å². The molecule has 30 heavy (non-hydrogen) atoms. The zero-order chi connectivity index (χ0) is 21.5. The maximum Gasteiger partial charge on any atom is 0.181 e. The lowest BCUT2D eigenvalue weighted by atomic mass is 10.2. The van der Waals surface area contributed by atoms with Crippen LogP contribution in [0.4, 0.5) is 4.39 Å². The lowest BCUT2D eigenvalue weighted by Crippen LogP contribution is -2.22. The molecule has 3 aromatic carbocycles. The van der Waals surface area contributed by atoms with Crippen molar-refractivity contribution in [2.24, 2.45) is 0 Å². The molecule has 0 aliphatic heterocycles. The van der Waals surface area contributed by atoms with Crippen molar-refractivity contribution in [1.82, 2.24) is 4.57 Å². The van der Waals surface area contributed by atoms with Gasteiger partial charge < -0.3 is 9.30 Å². The third-order valence-electron chi connectivity index (χ3n) is 4.99. The van der Waals surface area contributed by atoms with E-state index in [1.807, 2.05) is 41.0 Å². The lowest BCUT2D eigenvalue weighted by Gasteiger charge is -2.13. The quantitative estimate of drug-likeness (QED) is 0.287. The van der Waals surface area contributed by atoms with Gasteiger partial charge in [0.2, 0.25) is 0 Å². The molecular weight excluding hydrogens is 537 g/mol. The maximum absolute atomic E-state index is 15.1. The molecule has 1 atom stereocenters. The van der Waals surface area contributed by atoms with Crippen LogP contribution in [0.15, 0.2) is 74.5 Å². The van der Waals surface area contributed by atoms with E-state index in [2.05, 4.69) is 31.9 Å². The highest BCUT2D eigenvalue weighted by atomic mass is 79.9. The fourth-order valence-corrected chi connectivity index (χ4v) is 5.66. The fourth-order valence-electron chi connectivity index (χ4n) is 3.61. The summed E-state index contributed by atoms with van der Waals surface area (Å²) in [6.07, 6.45) is -1.57. The molecule has 0 saturated heterocycles. The molecule has 0 aliphatic rings. The molecule has 0 spiro atoms. The standard InChI is InChI=1S/C22H18Br2FNO3S/c1-29-17-4-6-18(7-5-17)30(27,28)13-16(25)12-26-21-8-2-14(23)10-19(21)20-11-15(24)3-9-22(20)26/h2-11,16H,12-13H2,1H3. The summed E-state index contributed by atoms with van der Waals surface area (Å²) in [4.78, 5) is 0.0843. The van der Waals surface area contributed by atoms with Crippen molar-refractivity contribution >= 4 is 63.5 Å². The van der Waals surface area contributed by atoms with Crippen LogP contribution in [0.2, 0.25) is 0 Å². The van der Waals surface area contributed by atoms with Crippen molar-refractivity contribution in [3.05, 3.63) is 69.6 Å². The van der Waals surface area contributed by atoms with E-state index in [-0.39, 0.29) is 11.4 Å². The molecule has 4 aromatic rings. The molecule has 0 radical (unpaired) electrons. The van der Waals surface area contributed by atoms with E-state index in [9.17, 15) is 8.42 Å². The van der Waals surface area contributed by atoms with Crippen LogP contribution in [0.5, 0.6) is 5.75 Å². The Kier molecular flexibility index (Phi) is 5.92. The summed E-state index contributed by atoms with van der Waals surface area (Å²) < 4.78 is 49.2. The average Bonchev–Trinajstić information content (AvgIpc) is 2.99. The molecule has 0 amide bonds. The topological polar surface area (TPSA) is 48.3 Å². The zero-order valence-corrected chi connectivity index (χ0v) is 20.0. The van der Waals surface area contributed by atoms with Crippen molar-refractivity contribution < 1.29 is 17.5 Å². The van der Waals surface area contributed by atoms with E-state index in [0.29, 0.717) is 5.75 Å². The summed E-state index contributed by atoms with van der Waals surface area (Å²) in [7, 11) is -2.26. The lowest BCUT2D eigenvalue weighted by molar-refractivity contribution is 0.328. The van der Waals surface area contributed by atoms with E-state index < -0.39 is 21.8 Å². The minimum absolute atomic E-state index is 0.0569. The first-order chi connectivity index (χ1) is 14.3. The summed E-state index contributed by atoms with van der Waals surface area (Å²) in [5, 5.41) is 1.96. The highest BCUT2D eigenvalue weighted by molar-refractivity contribution is 9.10. The number of nitrogens with zero attached hydrogens (tertiary/aromatic N) is 1. The SMILES string of the molecule is COc1ccc(S(=O)(=O)CC(F)Cn2c3ccc(Br)cc3c3cc(Br)ccc32)cc1. The first-order valence-corrected chi connectivity index (χ1v) is 12.4. The number of methoxy groups -OCH3 is 1. The fraction of sp³-hybridized carbons (Fsp3) is 0.182. The van der Waals surface area contributed by atoms with Crippen LogP contribution in [0.25, 0.3) is 21.8 Å². The molecule has 0 bridgehead atoms. The van der Waals surface area contributed by atoms with Gasteiger partial charge >= 0.3 is 0 Å². The third-order valence-corrected chi connectivity index (χ3v) is 7.77. The minimum atomic E-state index is -3.77. The second kappa shape index (κ2) is 8.32. The Morgan fingerprint density at radius 1 is 0.933 bits per heavy atom. The number of alkyl halides is 1. The molecule has 4 nitrogen and oxygen atoms in total. The largest absolute Gasteiger partial charge is 0.497 e. The second-order valence-electron chi connectivity index (χ2n) is 6.99. The Bertz CT molecular complexity index is 1280. The van der Waals surface area contributed by atoms with Crippen LogP contribution < -0.4 is 4.74 Å². The van der Waals surface area contributed by atoms with Crippen molar-refractivity contribution in [2.75, 3.05) is 12.9 Å². The van der Waals surface area contributed by atoms with Crippen LogP contribution in [0.1, 0.15) is 0 Å². The summed E-state index contributed by atoms with van der Waals surface area (Å²) in [6, 6.07) is 17.6. The molecule has 0 fully saturated rings. The predicted molar refractivity (Wildman–Crippen MR) is 125 cm³/mol. The minimum Gasteiger partial charge on any atom is -0.497 e. The number of rotatable bonds is 6. The van der Waals surface area contributed by atoms with Gasteiger partial charge in [-0.25, -0.2) is 12.8 Å². The van der Waals surface area contributed by atoms with Gasteiger partial charge in [-0.05, 0) is 60.7 Å². The van der Waals surface area contributed by atoms with Crippen LogP contribution in [0.3, 0.4) is 0 Å². The summed E-state index contributed by atoms with van der Waals surface area (Å²) in [5.74, 6) is -0.0403. The number of hydrogen-bond donors (Lipinski definition) is 0. The normalized spacial score (nSPS) is 13.1. The van der Waals surface area contributed by atoms with Gasteiger partial charge in [0.15, 0.2) is 9.84 Å². The highest BCUT2D eigenvalue weighted by Crippen LogP contribution is 2.33. The molecule has 1 aromatic heterocycles. The summed E-state index contributed by atoms with van der Waals surface area (Å²) in [6.45, 7) is -0.0569. The molecule has 0 N–H and O–H groups in total. The molecular formula is C22H18Br2FNO3S. The van der Waals surface area contributed by atoms with Crippen molar-refractivity contribution in [1.29, 1.82) is 0 Å². The van der Waals surface area contributed by atoms with Gasteiger partial charge in [-0.15, -0.1) is 0 Å². The van der Waals surface area contributed by atoms with Gasteiger partial charge in [0.05, 0.1) is 24.3 Å². The Hall–Kier alpha value is -1.90. The molecule has 8 heteroatoms. The van der Waals surface area contributed by atoms with E-state index in [1.165, 1.54) is 19.2 Å². The van der Waals surface area contributed by atoms with Crippen molar-refractivity contribution in [3.8, 4) is 5.75 Å². The Morgan fingerprint density at radius 3 is 1.97 bits per heavy atom. The molecule has 0 aliphatic carbocycles. The number of hydrogen-bond acceptors (Lipinski definition) is 3. The van der Waals surface area contributed by atoms with Crippen LogP contribution in [0, 0.1) is 0 Å². The molecule has 1 unspecified atom stereocenters. The number of halogens is 3. The summed E-state index contributed by atoms with van der Waals surface area (Å²) in [5.41, 5.74) is 1.71. The number of fused-ring (bicyclic) bond motifs is 3. The van der Waals surface area contributed by atoms with Gasteiger partial charge in [0.1, 0.15) is 11.9 Å². The van der Waals surface area contributed by atoms with E-state index in [1.54, 1.807) is 12.1 Å². The molecule has 0 saturated carbocycles. The smallest absolute Gasteiger partial charge is 0.181 e. The molecule has 4 rings (SSSR count). The number of sulfone groups is 1. The Labute approximate surface area is 190 Å². The summed E-state index contributed by atoms with van der Waals surface area (Å²) >= 11 is 6.98. The Morgan fingerprint density at radius 2 is 1.47 bits per heavy atom. The number of ether oxygens (including phenoxy) is 1. The van der Waals surface area contributed by atoms with Crippen LogP contribution in [-0.4, -0.2) is 32.0 Å². The van der Waals surface area contributed by atoms with Crippen LogP contribution in [-0.2, 0) is 16.4 Å². The first-order valence-electron chi connectivity index (χ1n) is 9.16. The van der Waals surface area contributed by atoms with Gasteiger partial charge in [0.25, 0.3) is 0 Å². The average molecular weight is 555 g/mol. The van der Waals surface area contributed by atoms with Gasteiger partial charge in [-0.2, -0.15) is 0 Å². The number of aromatic nitrogens is 1. The first kappa shape index (κ1) is 21.3. The Balaban J connectivity index is 1.67. The third kappa shape index (κ3) is 4.13. The van der Waals surface area contributed by atoms with Crippen molar-refractivity contribution in [2.45, 2.75) is 17.6 Å². The highest BCUT2D eigenvalue weighted by Gasteiger charge is 2.23. The number of benzene rings is 3. The van der Waals surface area contributed by atoms with E-state index in [0.717, 1.165) is 30.8 Å². The maximum atomic E-state index is 15.1. The van der Waals surface area contributed by atoms with E-state index >= 15 is 4.39 Å². The second-order valence-corrected chi connectivity index (χ2v) is 10.9. The van der Waals surface area contributed by atoms with Crippen LogP contribution >= 0.6 is 31.9 Å². The van der Waals surface area contributed by atoms with Gasteiger partial charge in [-0.3, -0.25) is 0 Å². The van der Waals surface area contributed by atoms with Crippen molar-refractivity contribution in [3.63, 3.8) is 0 Å². The molecule has 156 valence electrons. The zero-order valence-electron chi connectivity index (χ0n) is 16.0. The molecule has 1 heterocycles. The monoisotopic (exact) mass is 553 g/mol. The van der Waals surface area contributed by atoms with Gasteiger partial charge in [-0.1, -0.05) is 31.9 Å².